The molecule has 0 bridgehead atoms. The van der Waals surface area contributed by atoms with Gasteiger partial charge in [-0.05, 0) is 19.9 Å². The molecule has 2 rings (SSSR count). The van der Waals surface area contributed by atoms with E-state index >= 15 is 0 Å². The Morgan fingerprint density at radius 3 is 2.59 bits per heavy atom. The summed E-state index contributed by atoms with van der Waals surface area (Å²) in [5.41, 5.74) is -0.730. The normalized spacial score (nSPS) is 13.4. The molecule has 4 nitrogen and oxygen atoms in total. The van der Waals surface area contributed by atoms with E-state index in [9.17, 15) is 23.1 Å². The van der Waals surface area contributed by atoms with Crippen LogP contribution in [-0.2, 0) is 22.3 Å². The number of fused-ring (bicyclic) bond motifs is 1. The van der Waals surface area contributed by atoms with Gasteiger partial charge in [0.25, 0.3) is 0 Å². The second-order valence-corrected chi connectivity index (χ2v) is 4.72. The summed E-state index contributed by atoms with van der Waals surface area (Å²) in [4.78, 5) is 11.7. The van der Waals surface area contributed by atoms with Crippen LogP contribution in [0, 0.1) is 0 Å². The third kappa shape index (κ3) is 2.81. The van der Waals surface area contributed by atoms with Crippen molar-refractivity contribution in [3.05, 3.63) is 35.5 Å². The van der Waals surface area contributed by atoms with E-state index in [1.54, 1.807) is 13.8 Å². The van der Waals surface area contributed by atoms with Crippen LogP contribution in [-0.4, -0.2) is 22.2 Å². The van der Waals surface area contributed by atoms with Crippen molar-refractivity contribution in [1.29, 1.82) is 0 Å². The van der Waals surface area contributed by atoms with Crippen molar-refractivity contribution in [2.75, 3.05) is 6.61 Å². The van der Waals surface area contributed by atoms with Gasteiger partial charge in [0.2, 0.25) is 0 Å². The number of aromatic nitrogens is 1. The van der Waals surface area contributed by atoms with Gasteiger partial charge >= 0.3 is 12.1 Å². The lowest BCUT2D eigenvalue weighted by atomic mass is 10.1. The third-order valence-corrected chi connectivity index (χ3v) is 3.38. The molecule has 0 spiro atoms. The zero-order valence-corrected chi connectivity index (χ0v) is 12.1. The van der Waals surface area contributed by atoms with Gasteiger partial charge in [-0.25, -0.2) is 4.79 Å². The minimum Gasteiger partial charge on any atom is -0.464 e. The largest absolute Gasteiger partial charge is 0.464 e. The van der Waals surface area contributed by atoms with Crippen LogP contribution >= 0.6 is 0 Å². The van der Waals surface area contributed by atoms with Crippen LogP contribution in [0.1, 0.15) is 31.1 Å². The maximum absolute atomic E-state index is 13.2. The standard InChI is InChI=1S/C15H16F3NO3/c1-3-19-8-10(13(20)14(21)22-4-2)9-6-5-7-11(12(9)19)15(16,17)18/h5-8,13,20H,3-4H2,1-2H3. The van der Waals surface area contributed by atoms with Crippen LogP contribution in [0.15, 0.2) is 24.4 Å². The average molecular weight is 315 g/mol. The molecule has 7 heteroatoms. The predicted octanol–water partition coefficient (Wildman–Crippen LogP) is 3.28. The molecule has 0 aliphatic heterocycles. The van der Waals surface area contributed by atoms with Crippen molar-refractivity contribution >= 4 is 16.9 Å². The van der Waals surface area contributed by atoms with Gasteiger partial charge in [0.05, 0.1) is 17.7 Å². The van der Waals surface area contributed by atoms with Crippen molar-refractivity contribution in [2.24, 2.45) is 0 Å². The number of carbonyl (C=O) groups excluding carboxylic acids is 1. The van der Waals surface area contributed by atoms with Gasteiger partial charge in [-0.3, -0.25) is 0 Å². The Balaban J connectivity index is 2.66. The number of hydrogen-bond acceptors (Lipinski definition) is 3. The summed E-state index contributed by atoms with van der Waals surface area (Å²) in [6, 6.07) is 3.69. The molecule has 22 heavy (non-hydrogen) atoms. The topological polar surface area (TPSA) is 51.5 Å². The lowest BCUT2D eigenvalue weighted by Gasteiger charge is -2.11. The van der Waals surface area contributed by atoms with Gasteiger partial charge in [-0.1, -0.05) is 12.1 Å². The number of halogens is 3. The molecule has 0 saturated heterocycles. The number of para-hydroxylation sites is 1. The summed E-state index contributed by atoms with van der Waals surface area (Å²) in [6.07, 6.45) is -4.77. The Bertz CT molecular complexity index is 691. The maximum atomic E-state index is 13.2. The molecule has 1 heterocycles. The molecule has 0 amide bonds. The van der Waals surface area contributed by atoms with E-state index in [-0.39, 0.29) is 29.6 Å². The molecule has 1 unspecified atom stereocenters. The van der Waals surface area contributed by atoms with Crippen molar-refractivity contribution in [3.63, 3.8) is 0 Å². The van der Waals surface area contributed by atoms with E-state index in [1.165, 1.54) is 22.9 Å². The molecule has 1 aromatic carbocycles. The highest BCUT2D eigenvalue weighted by Gasteiger charge is 2.35. The summed E-state index contributed by atoms with van der Waals surface area (Å²) < 4.78 is 45.6. The molecule has 0 aliphatic carbocycles. The Morgan fingerprint density at radius 1 is 1.36 bits per heavy atom. The summed E-state index contributed by atoms with van der Waals surface area (Å²) in [7, 11) is 0. The fourth-order valence-corrected chi connectivity index (χ4v) is 2.43. The number of esters is 1. The number of nitrogens with zero attached hydrogens (tertiary/aromatic N) is 1. The van der Waals surface area contributed by atoms with Gasteiger partial charge in [0, 0.05) is 23.7 Å². The second kappa shape index (κ2) is 6.00. The molecule has 1 atom stereocenters. The summed E-state index contributed by atoms with van der Waals surface area (Å²) in [6.45, 7) is 3.63. The molecule has 2 aromatic rings. The number of carbonyl (C=O) groups is 1. The zero-order valence-electron chi connectivity index (χ0n) is 12.1. The van der Waals surface area contributed by atoms with Crippen LogP contribution in [0.2, 0.25) is 0 Å². The van der Waals surface area contributed by atoms with Gasteiger partial charge in [0.1, 0.15) is 0 Å². The zero-order chi connectivity index (χ0) is 16.5. The van der Waals surface area contributed by atoms with Gasteiger partial charge < -0.3 is 14.4 Å². The van der Waals surface area contributed by atoms with Crippen LogP contribution in [0.3, 0.4) is 0 Å². The summed E-state index contributed by atoms with van der Waals surface area (Å²) in [5, 5.41) is 10.2. The number of hydrogen-bond donors (Lipinski definition) is 1. The molecule has 1 N–H and O–H groups in total. The Kier molecular flexibility index (Phi) is 4.46. The molecule has 0 aliphatic rings. The van der Waals surface area contributed by atoms with Crippen LogP contribution in [0.5, 0.6) is 0 Å². The highest BCUT2D eigenvalue weighted by atomic mass is 19.4. The first-order chi connectivity index (χ1) is 10.3. The number of benzene rings is 1. The highest BCUT2D eigenvalue weighted by molar-refractivity contribution is 5.91. The predicted molar refractivity (Wildman–Crippen MR) is 74.2 cm³/mol. The number of aliphatic hydroxyl groups excluding tert-OH is 1. The third-order valence-electron chi connectivity index (χ3n) is 3.38. The first-order valence-corrected chi connectivity index (χ1v) is 6.84. The van der Waals surface area contributed by atoms with Crippen LogP contribution < -0.4 is 0 Å². The SMILES string of the molecule is CCOC(=O)C(O)c1cn(CC)c2c(C(F)(F)F)cccc12. The molecule has 0 saturated carbocycles. The second-order valence-electron chi connectivity index (χ2n) is 4.72. The highest BCUT2D eigenvalue weighted by Crippen LogP contribution is 2.38. The van der Waals surface area contributed by atoms with Crippen molar-refractivity contribution in [3.8, 4) is 0 Å². The number of rotatable bonds is 4. The molecule has 0 radical (unpaired) electrons. The molecular formula is C15H16F3NO3. The van der Waals surface area contributed by atoms with Crippen molar-refractivity contribution in [2.45, 2.75) is 32.7 Å². The van der Waals surface area contributed by atoms with E-state index in [0.717, 1.165) is 6.07 Å². The van der Waals surface area contributed by atoms with Crippen LogP contribution in [0.4, 0.5) is 13.2 Å². The van der Waals surface area contributed by atoms with E-state index in [1.807, 2.05) is 0 Å². The minimum absolute atomic E-state index is 0.0455. The van der Waals surface area contributed by atoms with Crippen LogP contribution in [0.25, 0.3) is 10.9 Å². The minimum atomic E-state index is -4.52. The van der Waals surface area contributed by atoms with E-state index in [4.69, 9.17) is 4.74 Å². The Morgan fingerprint density at radius 2 is 2.05 bits per heavy atom. The Labute approximate surface area is 125 Å². The van der Waals surface area contributed by atoms with E-state index < -0.39 is 23.8 Å². The number of aryl methyl sites for hydroxylation is 1. The summed E-state index contributed by atoms with van der Waals surface area (Å²) in [5.74, 6) is -0.880. The molecular weight excluding hydrogens is 299 g/mol. The van der Waals surface area contributed by atoms with E-state index in [2.05, 4.69) is 0 Å². The van der Waals surface area contributed by atoms with E-state index in [0.29, 0.717) is 0 Å². The fourth-order valence-electron chi connectivity index (χ4n) is 2.43. The maximum Gasteiger partial charge on any atom is 0.418 e. The number of ether oxygens (including phenoxy) is 1. The lowest BCUT2D eigenvalue weighted by molar-refractivity contribution is -0.153. The molecule has 1 aromatic heterocycles. The fraction of sp³-hybridized carbons (Fsp3) is 0.400. The van der Waals surface area contributed by atoms with Gasteiger partial charge in [-0.15, -0.1) is 0 Å². The number of alkyl halides is 3. The van der Waals surface area contributed by atoms with Gasteiger partial charge in [0.15, 0.2) is 6.10 Å². The molecule has 120 valence electrons. The average Bonchev–Trinajstić information content (AvgIpc) is 2.84. The smallest absolute Gasteiger partial charge is 0.418 e. The first-order valence-electron chi connectivity index (χ1n) is 6.84. The first kappa shape index (κ1) is 16.4. The number of aliphatic hydroxyl groups is 1. The monoisotopic (exact) mass is 315 g/mol. The van der Waals surface area contributed by atoms with Gasteiger partial charge in [-0.2, -0.15) is 13.2 Å². The van der Waals surface area contributed by atoms with Crippen molar-refractivity contribution in [1.82, 2.24) is 4.57 Å². The lowest BCUT2D eigenvalue weighted by Crippen LogP contribution is -2.15. The Hall–Kier alpha value is -2.02. The quantitative estimate of drug-likeness (QED) is 0.881. The molecule has 0 fully saturated rings. The summed E-state index contributed by atoms with van der Waals surface area (Å²) >= 11 is 0. The van der Waals surface area contributed by atoms with Crippen molar-refractivity contribution < 1.29 is 27.8 Å².